The topological polar surface area (TPSA) is 174 Å². The number of ketones is 1. The molecule has 10 heteroatoms. The van der Waals surface area contributed by atoms with E-state index in [1.54, 1.807) is 19.0 Å². The molecule has 5 atom stereocenters. The van der Waals surface area contributed by atoms with Gasteiger partial charge in [-0.1, -0.05) is 24.3 Å². The summed E-state index contributed by atoms with van der Waals surface area (Å²) in [5, 5.41) is 45.2. The molecule has 3 aliphatic carbocycles. The van der Waals surface area contributed by atoms with E-state index in [0.29, 0.717) is 25.9 Å². The number of carbonyl (C=O) groups excluding carboxylic acids is 2. The lowest BCUT2D eigenvalue weighted by atomic mass is 9.55. The number of allylic oxidation sites excluding steroid dienone is 1. The van der Waals surface area contributed by atoms with Gasteiger partial charge in [0.1, 0.15) is 22.9 Å². The van der Waals surface area contributed by atoms with E-state index in [1.807, 2.05) is 31.3 Å². The van der Waals surface area contributed by atoms with Crippen LogP contribution in [0.4, 0.5) is 0 Å². The van der Waals surface area contributed by atoms with Gasteiger partial charge in [0.05, 0.1) is 23.1 Å². The molecular weight excluding hydrogens is 536 g/mol. The summed E-state index contributed by atoms with van der Waals surface area (Å²) >= 11 is 0. The van der Waals surface area contributed by atoms with Gasteiger partial charge in [0.2, 0.25) is 0 Å². The molecule has 0 aliphatic heterocycles. The molecule has 10 nitrogen and oxygen atoms in total. The summed E-state index contributed by atoms with van der Waals surface area (Å²) in [6.07, 6.45) is 0.712. The molecule has 1 amide bonds. The second-order valence-corrected chi connectivity index (χ2v) is 12.3. The van der Waals surface area contributed by atoms with Crippen molar-refractivity contribution in [2.75, 3.05) is 34.2 Å². The molecule has 1 saturated carbocycles. The average molecular weight is 577 g/mol. The molecular formula is C32H40N4O6. The summed E-state index contributed by atoms with van der Waals surface area (Å²) in [6.45, 7) is 3.33. The third kappa shape index (κ3) is 4.68. The van der Waals surface area contributed by atoms with Gasteiger partial charge in [0.25, 0.3) is 5.91 Å². The zero-order chi connectivity index (χ0) is 30.7. The van der Waals surface area contributed by atoms with Crippen LogP contribution in [-0.2, 0) is 22.6 Å². The fourth-order valence-electron chi connectivity index (χ4n) is 7.60. The first-order chi connectivity index (χ1) is 19.8. The number of aliphatic hydroxyl groups is 3. The highest BCUT2D eigenvalue weighted by Crippen LogP contribution is 2.54. The first kappa shape index (κ1) is 29.8. The fraction of sp³-hybridized carbons (Fsp3) is 0.438. The lowest BCUT2D eigenvalue weighted by Crippen LogP contribution is -2.61. The van der Waals surface area contributed by atoms with Crippen LogP contribution < -0.4 is 11.5 Å². The number of hydrogen-bond donors (Lipinski definition) is 6. The number of rotatable bonds is 7. The standard InChI is InChI=1S/C32H40N4O6/c1-32(42)25-21(27(35(2)3)30(40)26(32)31(34)41)14-18-13-20-19(8-9-22(37)24(20)28(38)23(18)29(25)39)17-7-5-6-16(12-17)15-36(4)11-10-33/h5-9,12,18,21,25,27,37-38,40,42H,10-11,13-15,33H2,1-4H3,(H2,34,41)/t18?,21?,25?,27?,32-/m1/s1. The van der Waals surface area contributed by atoms with Gasteiger partial charge in [-0.25, -0.2) is 0 Å². The van der Waals surface area contributed by atoms with Gasteiger partial charge in [-0.05, 0) is 87.1 Å². The predicted molar refractivity (Wildman–Crippen MR) is 159 cm³/mol. The Morgan fingerprint density at radius 2 is 1.83 bits per heavy atom. The van der Waals surface area contributed by atoms with Crippen molar-refractivity contribution in [2.24, 2.45) is 29.2 Å². The number of nitrogens with zero attached hydrogens (tertiary/aromatic N) is 2. The van der Waals surface area contributed by atoms with E-state index in [0.717, 1.165) is 28.8 Å². The van der Waals surface area contributed by atoms with E-state index >= 15 is 0 Å². The Morgan fingerprint density at radius 1 is 1.12 bits per heavy atom. The van der Waals surface area contributed by atoms with Crippen LogP contribution in [0.2, 0.25) is 0 Å². The smallest absolute Gasteiger partial charge is 0.251 e. The van der Waals surface area contributed by atoms with Gasteiger partial charge < -0.3 is 36.8 Å². The summed E-state index contributed by atoms with van der Waals surface area (Å²) in [4.78, 5) is 30.4. The quantitative estimate of drug-likeness (QED) is 0.288. The maximum atomic E-state index is 14.2. The summed E-state index contributed by atoms with van der Waals surface area (Å²) < 4.78 is 0. The van der Waals surface area contributed by atoms with E-state index in [1.165, 1.54) is 13.0 Å². The summed E-state index contributed by atoms with van der Waals surface area (Å²) in [5.74, 6) is -4.47. The van der Waals surface area contributed by atoms with Crippen LogP contribution in [0.25, 0.3) is 16.9 Å². The molecule has 2 aromatic rings. The number of likely N-dealkylation sites (N-methyl/N-ethyl adjacent to an activating group) is 2. The second kappa shape index (κ2) is 10.9. The number of fused-ring (bicyclic) bond motifs is 3. The number of primary amides is 1. The van der Waals surface area contributed by atoms with Crippen LogP contribution in [0.3, 0.4) is 0 Å². The van der Waals surface area contributed by atoms with Gasteiger partial charge in [0, 0.05) is 25.2 Å². The number of phenolic OH excluding ortho intramolecular Hbond substituents is 1. The van der Waals surface area contributed by atoms with Crippen molar-refractivity contribution in [1.29, 1.82) is 0 Å². The molecule has 8 N–H and O–H groups in total. The highest BCUT2D eigenvalue weighted by molar-refractivity contribution is 6.08. The minimum absolute atomic E-state index is 0.122. The Morgan fingerprint density at radius 3 is 2.48 bits per heavy atom. The molecule has 0 bridgehead atoms. The predicted octanol–water partition coefficient (Wildman–Crippen LogP) is 2.09. The van der Waals surface area contributed by atoms with Crippen molar-refractivity contribution in [1.82, 2.24) is 9.80 Å². The molecule has 0 heterocycles. The van der Waals surface area contributed by atoms with E-state index in [4.69, 9.17) is 11.5 Å². The molecule has 0 saturated heterocycles. The van der Waals surface area contributed by atoms with E-state index in [-0.39, 0.29) is 28.4 Å². The van der Waals surface area contributed by atoms with Gasteiger partial charge in [-0.2, -0.15) is 0 Å². The zero-order valence-corrected chi connectivity index (χ0v) is 24.5. The molecule has 2 aromatic carbocycles. The maximum absolute atomic E-state index is 14.2. The Kier molecular flexibility index (Phi) is 7.69. The van der Waals surface area contributed by atoms with Crippen molar-refractivity contribution in [3.8, 4) is 16.9 Å². The number of Topliss-reactive ketones (excluding diaryl/α,β-unsaturated/α-hetero) is 1. The van der Waals surface area contributed by atoms with Crippen molar-refractivity contribution < 1.29 is 30.0 Å². The Hall–Kier alpha value is -3.70. The minimum Gasteiger partial charge on any atom is -0.510 e. The van der Waals surface area contributed by atoms with Gasteiger partial charge in [0.15, 0.2) is 5.78 Å². The number of nitrogens with two attached hydrogens (primary N) is 2. The molecule has 224 valence electrons. The molecule has 0 radical (unpaired) electrons. The number of aliphatic hydroxyl groups excluding tert-OH is 2. The number of benzene rings is 2. The summed E-state index contributed by atoms with van der Waals surface area (Å²) in [7, 11) is 5.46. The number of aromatic hydroxyl groups is 1. The van der Waals surface area contributed by atoms with Crippen LogP contribution >= 0.6 is 0 Å². The minimum atomic E-state index is -2.05. The maximum Gasteiger partial charge on any atom is 0.251 e. The van der Waals surface area contributed by atoms with Crippen molar-refractivity contribution in [2.45, 2.75) is 38.0 Å². The largest absolute Gasteiger partial charge is 0.510 e. The Balaban J connectivity index is 1.63. The number of hydrogen-bond acceptors (Lipinski definition) is 9. The summed E-state index contributed by atoms with van der Waals surface area (Å²) in [6, 6.07) is 10.7. The first-order valence-corrected chi connectivity index (χ1v) is 14.2. The van der Waals surface area contributed by atoms with E-state index in [2.05, 4.69) is 11.0 Å². The molecule has 4 unspecified atom stereocenters. The van der Waals surface area contributed by atoms with Gasteiger partial charge in [-0.15, -0.1) is 0 Å². The monoisotopic (exact) mass is 576 g/mol. The lowest BCUT2D eigenvalue weighted by Gasteiger charge is -2.52. The summed E-state index contributed by atoms with van der Waals surface area (Å²) in [5.41, 5.74) is 12.7. The van der Waals surface area contributed by atoms with Crippen molar-refractivity contribution in [3.05, 3.63) is 70.0 Å². The SMILES string of the molecule is CN(CCN)Cc1cccc(-c2ccc(O)c3c2CC2CC4C(N(C)C)C(O)=C(C(N)=O)[C@](C)(O)C4C(=O)C2=C3O)c1. The molecule has 3 aliphatic rings. The van der Waals surface area contributed by atoms with E-state index in [9.17, 15) is 30.0 Å². The van der Waals surface area contributed by atoms with Crippen LogP contribution in [0.5, 0.6) is 5.75 Å². The Bertz CT molecular complexity index is 1510. The number of amides is 1. The van der Waals surface area contributed by atoms with Crippen LogP contribution in [-0.4, -0.2) is 87.8 Å². The molecule has 42 heavy (non-hydrogen) atoms. The van der Waals surface area contributed by atoms with Crippen molar-refractivity contribution >= 4 is 17.4 Å². The average Bonchev–Trinajstić information content (AvgIpc) is 2.87. The molecule has 0 spiro atoms. The first-order valence-electron chi connectivity index (χ1n) is 14.2. The number of phenols is 1. The molecule has 5 rings (SSSR count). The normalized spacial score (nSPS) is 27.3. The van der Waals surface area contributed by atoms with Gasteiger partial charge in [-0.3, -0.25) is 14.5 Å². The second-order valence-electron chi connectivity index (χ2n) is 12.3. The molecule has 0 aromatic heterocycles. The highest BCUT2D eigenvalue weighted by Gasteiger charge is 2.60. The molecule has 1 fully saturated rings. The van der Waals surface area contributed by atoms with Crippen LogP contribution in [0, 0.1) is 17.8 Å². The number of carbonyl (C=O) groups is 2. The van der Waals surface area contributed by atoms with E-state index < -0.39 is 46.7 Å². The third-order valence-corrected chi connectivity index (χ3v) is 9.23. The fourth-order valence-corrected chi connectivity index (χ4v) is 7.60. The van der Waals surface area contributed by atoms with Crippen LogP contribution in [0.1, 0.15) is 30.0 Å². The zero-order valence-electron chi connectivity index (χ0n) is 24.5. The Labute approximate surface area is 245 Å². The van der Waals surface area contributed by atoms with Crippen LogP contribution in [0.15, 0.2) is 53.3 Å². The lowest BCUT2D eigenvalue weighted by molar-refractivity contribution is -0.139. The third-order valence-electron chi connectivity index (χ3n) is 9.23. The van der Waals surface area contributed by atoms with Crippen molar-refractivity contribution in [3.63, 3.8) is 0 Å². The van der Waals surface area contributed by atoms with Gasteiger partial charge >= 0.3 is 0 Å². The highest BCUT2D eigenvalue weighted by atomic mass is 16.3.